The van der Waals surface area contributed by atoms with Crippen molar-refractivity contribution in [1.82, 2.24) is 14.7 Å². The predicted molar refractivity (Wildman–Crippen MR) is 68.0 cm³/mol. The van der Waals surface area contributed by atoms with Gasteiger partial charge in [0.05, 0.1) is 19.3 Å². The maximum absolute atomic E-state index is 12.3. The molecule has 2 rings (SSSR count). The Morgan fingerprint density at radius 3 is 2.42 bits per heavy atom. The number of hydrogen-bond donors (Lipinski definition) is 1. The monoisotopic (exact) mass is 271 g/mol. The van der Waals surface area contributed by atoms with Crippen molar-refractivity contribution in [3.8, 4) is 0 Å². The smallest absolute Gasteiger partial charge is 0.320 e. The van der Waals surface area contributed by atoms with E-state index in [-0.39, 0.29) is 18.7 Å². The summed E-state index contributed by atoms with van der Waals surface area (Å²) >= 11 is 0. The quantitative estimate of drug-likeness (QED) is 0.725. The second kappa shape index (κ2) is 5.75. The molecule has 0 spiro atoms. The van der Waals surface area contributed by atoms with Crippen LogP contribution >= 0.6 is 0 Å². The van der Waals surface area contributed by atoms with Gasteiger partial charge in [-0.05, 0) is 7.05 Å². The summed E-state index contributed by atoms with van der Waals surface area (Å²) in [5.41, 5.74) is 0. The second-order valence-corrected chi connectivity index (χ2v) is 5.23. The van der Waals surface area contributed by atoms with Crippen molar-refractivity contribution in [2.24, 2.45) is 5.92 Å². The molecule has 2 saturated heterocycles. The fourth-order valence-corrected chi connectivity index (χ4v) is 2.52. The van der Waals surface area contributed by atoms with E-state index in [2.05, 4.69) is 4.90 Å². The Bertz CT molecular complexity index is 355. The topological polar surface area (TPSA) is 73.3 Å². The van der Waals surface area contributed by atoms with Crippen LogP contribution in [0.4, 0.5) is 4.79 Å². The number of carbonyl (C=O) groups is 2. The highest BCUT2D eigenvalue weighted by Gasteiger charge is 2.39. The first-order valence-corrected chi connectivity index (χ1v) is 6.51. The van der Waals surface area contributed by atoms with Crippen molar-refractivity contribution in [3.63, 3.8) is 0 Å². The number of nitrogens with zero attached hydrogens (tertiary/aromatic N) is 3. The highest BCUT2D eigenvalue weighted by Crippen LogP contribution is 2.20. The molecular weight excluding hydrogens is 250 g/mol. The fourth-order valence-electron chi connectivity index (χ4n) is 2.52. The van der Waals surface area contributed by atoms with E-state index in [1.54, 1.807) is 11.9 Å². The van der Waals surface area contributed by atoms with Gasteiger partial charge in [-0.25, -0.2) is 4.79 Å². The number of rotatable bonds is 2. The van der Waals surface area contributed by atoms with E-state index in [9.17, 15) is 9.59 Å². The Hall–Kier alpha value is -1.34. The highest BCUT2D eigenvalue weighted by molar-refractivity contribution is 5.77. The molecule has 7 nitrogen and oxygen atoms in total. The lowest BCUT2D eigenvalue weighted by Crippen LogP contribution is -2.54. The minimum absolute atomic E-state index is 0.102. The van der Waals surface area contributed by atoms with Crippen LogP contribution < -0.4 is 0 Å². The van der Waals surface area contributed by atoms with Crippen LogP contribution in [0.5, 0.6) is 0 Å². The van der Waals surface area contributed by atoms with E-state index in [1.165, 1.54) is 4.90 Å². The number of urea groups is 1. The third-order valence-electron chi connectivity index (χ3n) is 3.94. The Balaban J connectivity index is 1.96. The van der Waals surface area contributed by atoms with Crippen LogP contribution in [0.1, 0.15) is 0 Å². The molecule has 2 heterocycles. The van der Waals surface area contributed by atoms with Crippen molar-refractivity contribution in [2.75, 3.05) is 53.5 Å². The number of amides is 2. The summed E-state index contributed by atoms with van der Waals surface area (Å²) in [6.45, 7) is 3.55. The zero-order chi connectivity index (χ0) is 14.0. The van der Waals surface area contributed by atoms with Gasteiger partial charge in [-0.1, -0.05) is 0 Å². The van der Waals surface area contributed by atoms with Gasteiger partial charge in [0.25, 0.3) is 0 Å². The van der Waals surface area contributed by atoms with E-state index in [4.69, 9.17) is 9.84 Å². The average Bonchev–Trinajstić information content (AvgIpc) is 2.87. The molecule has 2 unspecified atom stereocenters. The molecule has 0 aliphatic carbocycles. The molecular formula is C12H21N3O4. The molecule has 0 aromatic carbocycles. The van der Waals surface area contributed by atoms with E-state index < -0.39 is 11.9 Å². The van der Waals surface area contributed by atoms with Gasteiger partial charge in [-0.3, -0.25) is 4.79 Å². The Morgan fingerprint density at radius 1 is 1.21 bits per heavy atom. The van der Waals surface area contributed by atoms with Crippen molar-refractivity contribution >= 4 is 12.0 Å². The van der Waals surface area contributed by atoms with Gasteiger partial charge in [0.1, 0.15) is 5.92 Å². The van der Waals surface area contributed by atoms with Gasteiger partial charge in [-0.15, -0.1) is 0 Å². The van der Waals surface area contributed by atoms with Crippen LogP contribution in [0.2, 0.25) is 0 Å². The molecule has 0 aromatic heterocycles. The summed E-state index contributed by atoms with van der Waals surface area (Å²) in [5, 5.41) is 9.12. The lowest BCUT2D eigenvalue weighted by Gasteiger charge is -2.37. The first-order valence-electron chi connectivity index (χ1n) is 6.51. The van der Waals surface area contributed by atoms with Gasteiger partial charge >= 0.3 is 12.0 Å². The van der Waals surface area contributed by atoms with E-state index >= 15 is 0 Å². The number of likely N-dealkylation sites (N-methyl/N-ethyl adjacent to an activating group) is 2. The predicted octanol–water partition coefficient (Wildman–Crippen LogP) is -0.615. The van der Waals surface area contributed by atoms with Crippen LogP contribution in [0.15, 0.2) is 0 Å². The van der Waals surface area contributed by atoms with E-state index in [1.807, 2.05) is 7.05 Å². The summed E-state index contributed by atoms with van der Waals surface area (Å²) in [7, 11) is 3.69. The number of hydrogen-bond acceptors (Lipinski definition) is 4. The maximum Gasteiger partial charge on any atom is 0.320 e. The molecule has 1 N–H and O–H groups in total. The van der Waals surface area contributed by atoms with E-state index in [0.717, 1.165) is 13.1 Å². The van der Waals surface area contributed by atoms with E-state index in [0.29, 0.717) is 19.7 Å². The number of carbonyl (C=O) groups excluding carboxylic acids is 1. The Morgan fingerprint density at radius 2 is 1.84 bits per heavy atom. The summed E-state index contributed by atoms with van der Waals surface area (Å²) in [6, 6.07) is -0.473. The van der Waals surface area contributed by atoms with Crippen molar-refractivity contribution < 1.29 is 19.4 Å². The second-order valence-electron chi connectivity index (χ2n) is 5.23. The lowest BCUT2D eigenvalue weighted by atomic mass is 10.0. The minimum atomic E-state index is -0.902. The number of carboxylic acid groups (broad SMARTS) is 1. The van der Waals surface area contributed by atoms with Crippen molar-refractivity contribution in [2.45, 2.75) is 6.04 Å². The van der Waals surface area contributed by atoms with Gasteiger partial charge in [0, 0.05) is 33.2 Å². The molecule has 2 atom stereocenters. The summed E-state index contributed by atoms with van der Waals surface area (Å²) < 4.78 is 5.21. The maximum atomic E-state index is 12.3. The summed E-state index contributed by atoms with van der Waals surface area (Å²) in [6.07, 6.45) is 0. The van der Waals surface area contributed by atoms with Crippen LogP contribution in [0, 0.1) is 5.92 Å². The van der Waals surface area contributed by atoms with Crippen molar-refractivity contribution in [3.05, 3.63) is 0 Å². The van der Waals surface area contributed by atoms with Crippen LogP contribution in [-0.4, -0.2) is 91.3 Å². The molecule has 2 aliphatic rings. The normalized spacial score (nSPS) is 28.4. The molecule has 2 aliphatic heterocycles. The summed E-state index contributed by atoms with van der Waals surface area (Å²) in [4.78, 5) is 28.9. The molecule has 19 heavy (non-hydrogen) atoms. The largest absolute Gasteiger partial charge is 0.481 e. The standard InChI is InChI=1S/C12H21N3O4/c1-13-3-5-15(6-4-13)12(18)14(2)10-8-19-7-9(10)11(16)17/h9-10H,3-8H2,1-2H3,(H,16,17). The third kappa shape index (κ3) is 2.98. The van der Waals surface area contributed by atoms with Crippen LogP contribution in [0.3, 0.4) is 0 Å². The zero-order valence-corrected chi connectivity index (χ0v) is 11.4. The average molecular weight is 271 g/mol. The SMILES string of the molecule is CN1CCN(C(=O)N(C)C2COCC2C(=O)O)CC1. The molecule has 108 valence electrons. The first-order chi connectivity index (χ1) is 9.00. The Labute approximate surface area is 112 Å². The van der Waals surface area contributed by atoms with Gasteiger partial charge in [0.2, 0.25) is 0 Å². The zero-order valence-electron chi connectivity index (χ0n) is 11.4. The third-order valence-corrected chi connectivity index (χ3v) is 3.94. The summed E-state index contributed by atoms with van der Waals surface area (Å²) in [5.74, 6) is -1.53. The van der Waals surface area contributed by atoms with Gasteiger partial charge < -0.3 is 24.5 Å². The van der Waals surface area contributed by atoms with Crippen molar-refractivity contribution in [1.29, 1.82) is 0 Å². The molecule has 0 bridgehead atoms. The van der Waals surface area contributed by atoms with Crippen LogP contribution in [-0.2, 0) is 9.53 Å². The molecule has 2 fully saturated rings. The number of ether oxygens (including phenoxy) is 1. The lowest BCUT2D eigenvalue weighted by molar-refractivity contribution is -0.142. The minimum Gasteiger partial charge on any atom is -0.481 e. The molecule has 0 saturated carbocycles. The first kappa shape index (κ1) is 14.1. The van der Waals surface area contributed by atoms with Crippen LogP contribution in [0.25, 0.3) is 0 Å². The highest BCUT2D eigenvalue weighted by atomic mass is 16.5. The number of carboxylic acids is 1. The molecule has 2 amide bonds. The molecule has 7 heteroatoms. The Kier molecular flexibility index (Phi) is 4.26. The molecule has 0 aromatic rings. The number of piperazine rings is 1. The number of aliphatic carboxylic acids is 1. The van der Waals surface area contributed by atoms with Gasteiger partial charge in [0.15, 0.2) is 0 Å². The molecule has 0 radical (unpaired) electrons. The fraction of sp³-hybridized carbons (Fsp3) is 0.833. The van der Waals surface area contributed by atoms with Gasteiger partial charge in [-0.2, -0.15) is 0 Å².